The van der Waals surface area contributed by atoms with E-state index in [0.29, 0.717) is 16.9 Å². The molecule has 3 rings (SSSR count). The van der Waals surface area contributed by atoms with Gasteiger partial charge >= 0.3 is 0 Å². The number of rotatable bonds is 3. The van der Waals surface area contributed by atoms with Crippen molar-refractivity contribution >= 4 is 28.5 Å². The van der Waals surface area contributed by atoms with Crippen molar-refractivity contribution in [3.63, 3.8) is 0 Å². The summed E-state index contributed by atoms with van der Waals surface area (Å²) in [4.78, 5) is 8.86. The molecule has 0 bridgehead atoms. The second-order valence-electron chi connectivity index (χ2n) is 4.59. The Morgan fingerprint density at radius 2 is 2.06 bits per heavy atom. The maximum Gasteiger partial charge on any atom is 0.172 e. The highest BCUT2D eigenvalue weighted by Crippen LogP contribution is 2.21. The molecule has 18 heavy (non-hydrogen) atoms. The minimum Gasteiger partial charge on any atom is -0.367 e. The number of anilines is 1. The molecule has 5 heteroatoms. The first-order valence-electron chi connectivity index (χ1n) is 6.20. The maximum atomic E-state index is 6.14. The Labute approximate surface area is 111 Å². The summed E-state index contributed by atoms with van der Waals surface area (Å²) in [5, 5.41) is 7.09. The first-order valence-corrected chi connectivity index (χ1v) is 6.57. The Morgan fingerprint density at radius 1 is 1.28 bits per heavy atom. The summed E-state index contributed by atoms with van der Waals surface area (Å²) in [6.07, 6.45) is 1.20. The molecule has 0 saturated carbocycles. The molecule has 2 N–H and O–H groups in total. The number of hydrogen-bond acceptors (Lipinski definition) is 4. The van der Waals surface area contributed by atoms with Crippen LogP contribution in [0.3, 0.4) is 0 Å². The Balaban J connectivity index is 1.80. The summed E-state index contributed by atoms with van der Waals surface area (Å²) >= 11 is 6.14. The molecule has 0 radical (unpaired) electrons. The second kappa shape index (κ2) is 5.08. The summed E-state index contributed by atoms with van der Waals surface area (Å²) in [6.45, 7) is 3.05. The molecule has 2 heterocycles. The van der Waals surface area contributed by atoms with Crippen LogP contribution in [0.2, 0.25) is 5.15 Å². The fraction of sp³-hybridized carbons (Fsp3) is 0.385. The van der Waals surface area contributed by atoms with Crippen molar-refractivity contribution in [1.29, 1.82) is 0 Å². The van der Waals surface area contributed by atoms with E-state index in [1.54, 1.807) is 0 Å². The second-order valence-corrected chi connectivity index (χ2v) is 4.95. The molecule has 1 saturated heterocycles. The normalized spacial score (nSPS) is 19.3. The zero-order valence-corrected chi connectivity index (χ0v) is 10.7. The van der Waals surface area contributed by atoms with Gasteiger partial charge in [0, 0.05) is 6.54 Å². The van der Waals surface area contributed by atoms with Gasteiger partial charge in [0.15, 0.2) is 11.0 Å². The predicted octanol–water partition coefficient (Wildman–Crippen LogP) is 2.30. The summed E-state index contributed by atoms with van der Waals surface area (Å²) in [5.41, 5.74) is 1.70. The van der Waals surface area contributed by atoms with E-state index in [1.807, 2.05) is 24.3 Å². The van der Waals surface area contributed by atoms with Crippen LogP contribution < -0.4 is 10.6 Å². The lowest BCUT2D eigenvalue weighted by Gasteiger charge is -2.11. The number of aromatic nitrogens is 2. The zero-order valence-electron chi connectivity index (χ0n) is 9.99. The van der Waals surface area contributed by atoms with Crippen LogP contribution in [0.4, 0.5) is 5.82 Å². The molecular formula is C13H15ClN4. The molecule has 1 aliphatic heterocycles. The van der Waals surface area contributed by atoms with Crippen LogP contribution in [0.15, 0.2) is 24.3 Å². The summed E-state index contributed by atoms with van der Waals surface area (Å²) in [5.74, 6) is 1.33. The third-order valence-corrected chi connectivity index (χ3v) is 3.51. The van der Waals surface area contributed by atoms with Gasteiger partial charge in [0.05, 0.1) is 11.0 Å². The van der Waals surface area contributed by atoms with Gasteiger partial charge in [0.1, 0.15) is 0 Å². The Kier molecular flexibility index (Phi) is 3.30. The first kappa shape index (κ1) is 11.7. The lowest BCUT2D eigenvalue weighted by atomic mass is 10.1. The molecule has 1 atom stereocenters. The molecule has 0 amide bonds. The van der Waals surface area contributed by atoms with E-state index < -0.39 is 0 Å². The van der Waals surface area contributed by atoms with Crippen LogP contribution in [0.5, 0.6) is 0 Å². The standard InChI is InChI=1S/C13H15ClN4/c14-12-13(16-8-9-5-6-15-7-9)18-11-4-2-1-3-10(11)17-12/h1-4,9,15H,5-8H2,(H,16,18)/t9-/m0/s1. The van der Waals surface area contributed by atoms with Crippen LogP contribution >= 0.6 is 11.6 Å². The maximum absolute atomic E-state index is 6.14. The monoisotopic (exact) mass is 262 g/mol. The molecule has 94 valence electrons. The van der Waals surface area contributed by atoms with Crippen LogP contribution in [0, 0.1) is 5.92 Å². The average Bonchev–Trinajstić information content (AvgIpc) is 2.89. The lowest BCUT2D eigenvalue weighted by Crippen LogP contribution is -2.18. The van der Waals surface area contributed by atoms with Gasteiger partial charge in [-0.15, -0.1) is 0 Å². The van der Waals surface area contributed by atoms with E-state index in [2.05, 4.69) is 20.6 Å². The first-order chi connectivity index (χ1) is 8.83. The fourth-order valence-electron chi connectivity index (χ4n) is 2.22. The van der Waals surface area contributed by atoms with Crippen LogP contribution in [-0.4, -0.2) is 29.6 Å². The molecule has 0 aliphatic carbocycles. The molecule has 0 unspecified atom stereocenters. The molecule has 4 nitrogen and oxygen atoms in total. The van der Waals surface area contributed by atoms with Crippen molar-refractivity contribution in [2.24, 2.45) is 5.92 Å². The number of benzene rings is 1. The zero-order chi connectivity index (χ0) is 12.4. The van der Waals surface area contributed by atoms with E-state index in [9.17, 15) is 0 Å². The highest BCUT2D eigenvalue weighted by molar-refractivity contribution is 6.32. The molecule has 1 fully saturated rings. The van der Waals surface area contributed by atoms with Gasteiger partial charge in [-0.2, -0.15) is 0 Å². The van der Waals surface area contributed by atoms with Crippen molar-refractivity contribution in [2.75, 3.05) is 25.0 Å². The highest BCUT2D eigenvalue weighted by Gasteiger charge is 2.15. The van der Waals surface area contributed by atoms with Gasteiger partial charge in [-0.3, -0.25) is 0 Å². The molecule has 0 spiro atoms. The van der Waals surface area contributed by atoms with E-state index in [-0.39, 0.29) is 0 Å². The number of fused-ring (bicyclic) bond motifs is 1. The fourth-order valence-corrected chi connectivity index (χ4v) is 2.42. The van der Waals surface area contributed by atoms with Gasteiger partial charge in [-0.25, -0.2) is 9.97 Å². The number of para-hydroxylation sites is 2. The van der Waals surface area contributed by atoms with E-state index in [1.165, 1.54) is 6.42 Å². The smallest absolute Gasteiger partial charge is 0.172 e. The summed E-state index contributed by atoms with van der Waals surface area (Å²) in [7, 11) is 0. The van der Waals surface area contributed by atoms with Crippen LogP contribution in [0.25, 0.3) is 11.0 Å². The van der Waals surface area contributed by atoms with Gasteiger partial charge in [0.25, 0.3) is 0 Å². The Morgan fingerprint density at radius 3 is 2.78 bits per heavy atom. The minimum absolute atomic E-state index is 0.444. The van der Waals surface area contributed by atoms with Gasteiger partial charge < -0.3 is 10.6 Å². The predicted molar refractivity (Wildman–Crippen MR) is 74.0 cm³/mol. The van der Waals surface area contributed by atoms with Gasteiger partial charge in [-0.1, -0.05) is 23.7 Å². The van der Waals surface area contributed by atoms with Crippen molar-refractivity contribution in [2.45, 2.75) is 6.42 Å². The molecule has 1 aromatic heterocycles. The summed E-state index contributed by atoms with van der Waals surface area (Å²) < 4.78 is 0. The third-order valence-electron chi connectivity index (χ3n) is 3.25. The third kappa shape index (κ3) is 2.40. The highest BCUT2D eigenvalue weighted by atomic mass is 35.5. The van der Waals surface area contributed by atoms with E-state index in [4.69, 9.17) is 11.6 Å². The Hall–Kier alpha value is -1.39. The SMILES string of the molecule is Clc1nc2ccccc2nc1NC[C@H]1CCNC1. The molecule has 2 aromatic rings. The number of nitrogens with zero attached hydrogens (tertiary/aromatic N) is 2. The van der Waals surface area contributed by atoms with Gasteiger partial charge in [-0.05, 0) is 37.6 Å². The topological polar surface area (TPSA) is 49.8 Å². The van der Waals surface area contributed by atoms with Crippen molar-refractivity contribution in [1.82, 2.24) is 15.3 Å². The number of hydrogen-bond donors (Lipinski definition) is 2. The average molecular weight is 263 g/mol. The van der Waals surface area contributed by atoms with Crippen molar-refractivity contribution < 1.29 is 0 Å². The lowest BCUT2D eigenvalue weighted by molar-refractivity contribution is 0.614. The van der Waals surface area contributed by atoms with Gasteiger partial charge in [0.2, 0.25) is 0 Å². The quantitative estimate of drug-likeness (QED) is 0.891. The van der Waals surface area contributed by atoms with Crippen LogP contribution in [0.1, 0.15) is 6.42 Å². The van der Waals surface area contributed by atoms with E-state index in [0.717, 1.165) is 30.7 Å². The Bertz CT molecular complexity index is 552. The molecule has 1 aromatic carbocycles. The largest absolute Gasteiger partial charge is 0.367 e. The molecule has 1 aliphatic rings. The van der Waals surface area contributed by atoms with Crippen molar-refractivity contribution in [3.8, 4) is 0 Å². The number of halogens is 1. The van der Waals surface area contributed by atoms with Crippen molar-refractivity contribution in [3.05, 3.63) is 29.4 Å². The van der Waals surface area contributed by atoms with E-state index >= 15 is 0 Å². The van der Waals surface area contributed by atoms with Crippen LogP contribution in [-0.2, 0) is 0 Å². The minimum atomic E-state index is 0.444. The summed E-state index contributed by atoms with van der Waals surface area (Å²) in [6, 6.07) is 7.75. The number of nitrogens with one attached hydrogen (secondary N) is 2. The molecular weight excluding hydrogens is 248 g/mol.